The molecule has 0 atom stereocenters. The number of rotatable bonds is 4. The lowest BCUT2D eigenvalue weighted by molar-refractivity contribution is 0.294. The van der Waals surface area contributed by atoms with Crippen molar-refractivity contribution in [2.45, 2.75) is 42.5 Å². The number of hydrogen-bond acceptors (Lipinski definition) is 4. The molecule has 1 aliphatic rings. The maximum absolute atomic E-state index is 12.5. The van der Waals surface area contributed by atoms with Gasteiger partial charge in [-0.05, 0) is 31.0 Å². The van der Waals surface area contributed by atoms with Crippen LogP contribution in [-0.4, -0.2) is 25.0 Å². The van der Waals surface area contributed by atoms with Crippen LogP contribution in [0.15, 0.2) is 34.3 Å². The lowest BCUT2D eigenvalue weighted by Gasteiger charge is -2.36. The third kappa shape index (κ3) is 3.48. The van der Waals surface area contributed by atoms with Crippen LogP contribution in [0.25, 0.3) is 0 Å². The summed E-state index contributed by atoms with van der Waals surface area (Å²) >= 11 is 5.84. The van der Waals surface area contributed by atoms with E-state index in [0.717, 1.165) is 19.3 Å². The van der Waals surface area contributed by atoms with Gasteiger partial charge in [-0.15, -0.1) is 0 Å². The molecule has 0 spiro atoms. The quantitative estimate of drug-likeness (QED) is 0.340. The highest BCUT2D eigenvalue weighted by molar-refractivity contribution is 7.89. The van der Waals surface area contributed by atoms with Crippen molar-refractivity contribution in [2.75, 3.05) is 0 Å². The maximum atomic E-state index is 12.5. The molecule has 1 aromatic rings. The van der Waals surface area contributed by atoms with Gasteiger partial charge in [-0.1, -0.05) is 42.1 Å². The van der Waals surface area contributed by atoms with Crippen LogP contribution in [0.3, 0.4) is 0 Å². The Morgan fingerprint density at radius 1 is 1.33 bits per heavy atom. The largest absolute Gasteiger partial charge is 0.409 e. The second kappa shape index (κ2) is 6.21. The first kappa shape index (κ1) is 16.1. The van der Waals surface area contributed by atoms with Crippen molar-refractivity contribution in [1.29, 1.82) is 0 Å². The molecule has 0 unspecified atom stereocenters. The first-order chi connectivity index (χ1) is 9.89. The Morgan fingerprint density at radius 2 is 2.00 bits per heavy atom. The summed E-state index contributed by atoms with van der Waals surface area (Å²) < 4.78 is 27.6. The normalized spacial score (nSPS) is 19.4. The van der Waals surface area contributed by atoms with Crippen molar-refractivity contribution in [3.05, 3.63) is 29.3 Å². The summed E-state index contributed by atoms with van der Waals surface area (Å²) in [4.78, 5) is 0.0608. The second-order valence-corrected chi connectivity index (χ2v) is 7.31. The monoisotopic (exact) mass is 331 g/mol. The molecule has 0 amide bonds. The van der Waals surface area contributed by atoms with Crippen molar-refractivity contribution in [3.8, 4) is 0 Å². The molecule has 2 rings (SSSR count). The Labute approximate surface area is 129 Å². The van der Waals surface area contributed by atoms with Gasteiger partial charge in [0, 0.05) is 5.02 Å². The molecule has 4 N–H and O–H groups in total. The fourth-order valence-electron chi connectivity index (χ4n) is 2.61. The fraction of sp³-hybridized carbons (Fsp3) is 0.462. The Balaban J connectivity index is 2.36. The fourth-order valence-corrected chi connectivity index (χ4v) is 4.35. The van der Waals surface area contributed by atoms with Crippen molar-refractivity contribution >= 4 is 27.5 Å². The van der Waals surface area contributed by atoms with Gasteiger partial charge < -0.3 is 10.9 Å². The van der Waals surface area contributed by atoms with Gasteiger partial charge in [0.05, 0.1) is 10.4 Å². The van der Waals surface area contributed by atoms with Crippen LogP contribution < -0.4 is 10.5 Å². The van der Waals surface area contributed by atoms with Gasteiger partial charge in [0.15, 0.2) is 5.84 Å². The number of hydrogen-bond donors (Lipinski definition) is 3. The van der Waals surface area contributed by atoms with E-state index in [0.29, 0.717) is 17.9 Å². The number of sulfonamides is 1. The number of benzene rings is 1. The summed E-state index contributed by atoms with van der Waals surface area (Å²) in [5.74, 6) is -0.104. The Bertz CT molecular complexity index is 640. The smallest absolute Gasteiger partial charge is 0.241 e. The number of oxime groups is 1. The van der Waals surface area contributed by atoms with Crippen molar-refractivity contribution in [2.24, 2.45) is 10.9 Å². The number of halogens is 1. The second-order valence-electron chi connectivity index (χ2n) is 5.19. The average Bonchev–Trinajstić information content (AvgIpc) is 2.47. The van der Waals surface area contributed by atoms with Crippen molar-refractivity contribution < 1.29 is 13.6 Å². The summed E-state index contributed by atoms with van der Waals surface area (Å²) in [6, 6.07) is 5.98. The zero-order valence-corrected chi connectivity index (χ0v) is 13.0. The Hall–Kier alpha value is -1.31. The molecule has 0 aliphatic heterocycles. The molecular weight excluding hydrogens is 314 g/mol. The van der Waals surface area contributed by atoms with E-state index in [-0.39, 0.29) is 10.7 Å². The number of nitrogens with one attached hydrogen (secondary N) is 1. The minimum atomic E-state index is -3.80. The summed E-state index contributed by atoms with van der Waals surface area (Å²) in [5.41, 5.74) is 4.71. The highest BCUT2D eigenvalue weighted by atomic mass is 35.5. The van der Waals surface area contributed by atoms with Crippen LogP contribution in [0, 0.1) is 0 Å². The zero-order valence-electron chi connectivity index (χ0n) is 11.4. The predicted octanol–water partition coefficient (Wildman–Crippen LogP) is 2.07. The molecule has 1 saturated carbocycles. The van der Waals surface area contributed by atoms with Crippen LogP contribution in [0.1, 0.15) is 32.1 Å². The SMILES string of the molecule is N/C(=N/O)C1(NS(=O)(=O)c2cccc(Cl)c2)CCCCC1. The van der Waals surface area contributed by atoms with E-state index >= 15 is 0 Å². The zero-order chi connectivity index (χ0) is 15.5. The van der Waals surface area contributed by atoms with E-state index in [9.17, 15) is 8.42 Å². The summed E-state index contributed by atoms with van der Waals surface area (Å²) in [5, 5.41) is 12.3. The third-order valence-corrected chi connectivity index (χ3v) is 5.51. The van der Waals surface area contributed by atoms with E-state index in [1.165, 1.54) is 12.1 Å². The minimum absolute atomic E-state index is 0.0608. The van der Waals surface area contributed by atoms with E-state index < -0.39 is 15.6 Å². The van der Waals surface area contributed by atoms with Gasteiger partial charge in [0.1, 0.15) is 0 Å². The molecule has 8 heteroatoms. The summed E-state index contributed by atoms with van der Waals surface area (Å²) in [7, 11) is -3.80. The summed E-state index contributed by atoms with van der Waals surface area (Å²) in [6.07, 6.45) is 3.63. The lowest BCUT2D eigenvalue weighted by atomic mass is 9.82. The Morgan fingerprint density at radius 3 is 2.57 bits per heavy atom. The van der Waals surface area contributed by atoms with Gasteiger partial charge in [-0.25, -0.2) is 8.42 Å². The third-order valence-electron chi connectivity index (χ3n) is 3.74. The number of amidine groups is 1. The molecule has 6 nitrogen and oxygen atoms in total. The van der Waals surface area contributed by atoms with E-state index in [4.69, 9.17) is 22.5 Å². The van der Waals surface area contributed by atoms with Crippen LogP contribution >= 0.6 is 11.6 Å². The summed E-state index contributed by atoms with van der Waals surface area (Å²) in [6.45, 7) is 0. The van der Waals surface area contributed by atoms with Gasteiger partial charge in [-0.2, -0.15) is 4.72 Å². The van der Waals surface area contributed by atoms with Crippen LogP contribution in [0.5, 0.6) is 0 Å². The molecule has 1 aromatic carbocycles. The van der Waals surface area contributed by atoms with Gasteiger partial charge >= 0.3 is 0 Å². The van der Waals surface area contributed by atoms with Crippen molar-refractivity contribution in [1.82, 2.24) is 4.72 Å². The highest BCUT2D eigenvalue weighted by Crippen LogP contribution is 2.30. The molecule has 21 heavy (non-hydrogen) atoms. The Kier molecular flexibility index (Phi) is 4.75. The van der Waals surface area contributed by atoms with Crippen LogP contribution in [0.2, 0.25) is 5.02 Å². The molecule has 0 aromatic heterocycles. The number of nitrogens with zero attached hydrogens (tertiary/aromatic N) is 1. The minimum Gasteiger partial charge on any atom is -0.409 e. The molecule has 0 saturated heterocycles. The van der Waals surface area contributed by atoms with Gasteiger partial charge in [0.25, 0.3) is 0 Å². The molecule has 0 bridgehead atoms. The molecule has 0 radical (unpaired) electrons. The first-order valence-electron chi connectivity index (χ1n) is 6.67. The van der Waals surface area contributed by atoms with Crippen molar-refractivity contribution in [3.63, 3.8) is 0 Å². The molecule has 1 aliphatic carbocycles. The highest BCUT2D eigenvalue weighted by Gasteiger charge is 2.40. The molecule has 1 fully saturated rings. The van der Waals surface area contributed by atoms with Crippen LogP contribution in [0.4, 0.5) is 0 Å². The number of nitrogens with two attached hydrogens (primary N) is 1. The van der Waals surface area contributed by atoms with Gasteiger partial charge in [0.2, 0.25) is 10.0 Å². The van der Waals surface area contributed by atoms with Gasteiger partial charge in [-0.3, -0.25) is 0 Å². The first-order valence-corrected chi connectivity index (χ1v) is 8.53. The topological polar surface area (TPSA) is 105 Å². The molecule has 0 heterocycles. The average molecular weight is 332 g/mol. The molecule has 116 valence electrons. The van der Waals surface area contributed by atoms with E-state index in [1.807, 2.05) is 0 Å². The molecular formula is C13H18ClN3O3S. The van der Waals surface area contributed by atoms with Crippen LogP contribution in [-0.2, 0) is 10.0 Å². The standard InChI is InChI=1S/C13H18ClN3O3S/c14-10-5-4-6-11(9-10)21(19,20)17-13(12(15)16-18)7-2-1-3-8-13/h4-6,9,17-18H,1-3,7-8H2,(H2,15,16). The maximum Gasteiger partial charge on any atom is 0.241 e. The van der Waals surface area contributed by atoms with E-state index in [2.05, 4.69) is 9.88 Å². The van der Waals surface area contributed by atoms with E-state index in [1.54, 1.807) is 12.1 Å². The lowest BCUT2D eigenvalue weighted by Crippen LogP contribution is -2.58. The predicted molar refractivity (Wildman–Crippen MR) is 81.0 cm³/mol.